The predicted octanol–water partition coefficient (Wildman–Crippen LogP) is 3.84. The molecule has 1 N–H and O–H groups in total. The molecule has 0 bridgehead atoms. The summed E-state index contributed by atoms with van der Waals surface area (Å²) in [7, 11) is 0. The van der Waals surface area contributed by atoms with Crippen molar-refractivity contribution in [2.75, 3.05) is 0 Å². The Hall–Kier alpha value is -0.620. The molecule has 0 aromatic heterocycles. The van der Waals surface area contributed by atoms with E-state index in [-0.39, 0.29) is 6.04 Å². The molecular formula is C10H24N2. The van der Waals surface area contributed by atoms with Crippen LogP contribution >= 0.6 is 0 Å². The molecule has 0 aliphatic heterocycles. The van der Waals surface area contributed by atoms with Crippen LogP contribution in [-0.4, -0.2) is 12.1 Å². The Bertz CT molecular complexity index is 97.7. The SMILES string of the molecule is CC.CC(C)C.CC(C)N=C=N. The fraction of sp³-hybridized carbons (Fsp3) is 0.900. The summed E-state index contributed by atoms with van der Waals surface area (Å²) in [6.07, 6.45) is 0. The quantitative estimate of drug-likeness (QED) is 0.583. The minimum Gasteiger partial charge on any atom is -0.242 e. The molecule has 0 heterocycles. The van der Waals surface area contributed by atoms with Gasteiger partial charge in [0.05, 0.1) is 12.1 Å². The summed E-state index contributed by atoms with van der Waals surface area (Å²) < 4.78 is 0. The fourth-order valence-electron chi connectivity index (χ4n) is 0.129. The van der Waals surface area contributed by atoms with Gasteiger partial charge in [-0.1, -0.05) is 34.6 Å². The summed E-state index contributed by atoms with van der Waals surface area (Å²) in [5.74, 6) is 0.833. The molecule has 74 valence electrons. The van der Waals surface area contributed by atoms with E-state index in [2.05, 4.69) is 25.8 Å². The second-order valence-corrected chi connectivity index (χ2v) is 3.07. The van der Waals surface area contributed by atoms with Crippen LogP contribution in [0.1, 0.15) is 48.5 Å². The van der Waals surface area contributed by atoms with Gasteiger partial charge in [-0.3, -0.25) is 0 Å². The van der Waals surface area contributed by atoms with Crippen LogP contribution in [0.3, 0.4) is 0 Å². The normalized spacial score (nSPS) is 7.42. The molecule has 2 nitrogen and oxygen atoms in total. The van der Waals surface area contributed by atoms with E-state index in [1.54, 1.807) is 0 Å². The van der Waals surface area contributed by atoms with Crippen molar-refractivity contribution in [2.24, 2.45) is 10.9 Å². The van der Waals surface area contributed by atoms with Crippen LogP contribution in [0.4, 0.5) is 0 Å². The Balaban J connectivity index is -0.000000118. The van der Waals surface area contributed by atoms with Gasteiger partial charge in [0.25, 0.3) is 0 Å². The highest BCUT2D eigenvalue weighted by atomic mass is 14.7. The molecule has 0 fully saturated rings. The molecule has 0 unspecified atom stereocenters. The lowest BCUT2D eigenvalue weighted by Gasteiger charge is -1.83. The average Bonchev–Trinajstić information content (AvgIpc) is 1.90. The number of nitrogens with one attached hydrogen (secondary N) is 1. The summed E-state index contributed by atoms with van der Waals surface area (Å²) in [6.45, 7) is 14.3. The lowest BCUT2D eigenvalue weighted by molar-refractivity contribution is 0.737. The Morgan fingerprint density at radius 3 is 1.25 bits per heavy atom. The van der Waals surface area contributed by atoms with Crippen LogP contribution < -0.4 is 0 Å². The van der Waals surface area contributed by atoms with Crippen LogP contribution in [0.15, 0.2) is 4.99 Å². The van der Waals surface area contributed by atoms with Gasteiger partial charge in [0.1, 0.15) is 0 Å². The maximum absolute atomic E-state index is 6.32. The molecule has 12 heavy (non-hydrogen) atoms. The maximum Gasteiger partial charge on any atom is 0.0864 e. The zero-order valence-electron chi connectivity index (χ0n) is 9.60. The van der Waals surface area contributed by atoms with Gasteiger partial charge >= 0.3 is 0 Å². The highest BCUT2D eigenvalue weighted by molar-refractivity contribution is 5.35. The van der Waals surface area contributed by atoms with Gasteiger partial charge in [-0.25, -0.2) is 10.4 Å². The van der Waals surface area contributed by atoms with Crippen molar-refractivity contribution >= 4 is 6.01 Å². The molecule has 0 saturated carbocycles. The average molecular weight is 172 g/mol. The monoisotopic (exact) mass is 172 g/mol. The molecule has 0 amide bonds. The number of rotatable bonds is 1. The van der Waals surface area contributed by atoms with Crippen molar-refractivity contribution in [3.05, 3.63) is 0 Å². The number of hydrogen-bond acceptors (Lipinski definition) is 2. The number of aliphatic imine (C=N–C) groups is 1. The molecule has 0 aromatic rings. The van der Waals surface area contributed by atoms with Crippen LogP contribution in [0, 0.1) is 11.3 Å². The first-order valence-corrected chi connectivity index (χ1v) is 4.62. The molecule has 0 aromatic carbocycles. The van der Waals surface area contributed by atoms with E-state index in [0.717, 1.165) is 5.92 Å². The van der Waals surface area contributed by atoms with Crippen molar-refractivity contribution in [1.82, 2.24) is 0 Å². The van der Waals surface area contributed by atoms with E-state index >= 15 is 0 Å². The molecule has 0 radical (unpaired) electrons. The summed E-state index contributed by atoms with van der Waals surface area (Å²) in [5, 5.41) is 6.32. The topological polar surface area (TPSA) is 36.2 Å². The predicted molar refractivity (Wildman–Crippen MR) is 57.2 cm³/mol. The summed E-state index contributed by atoms with van der Waals surface area (Å²) in [6, 6.07) is 2.17. The molecule has 0 saturated heterocycles. The zero-order chi connectivity index (χ0) is 10.6. The third-order valence-corrected chi connectivity index (χ3v) is 0.323. The number of hydrogen-bond donors (Lipinski definition) is 1. The van der Waals surface area contributed by atoms with Gasteiger partial charge in [-0.15, -0.1) is 0 Å². The van der Waals surface area contributed by atoms with E-state index in [0.29, 0.717) is 0 Å². The summed E-state index contributed by atoms with van der Waals surface area (Å²) in [4.78, 5) is 3.54. The fourth-order valence-corrected chi connectivity index (χ4v) is 0.129. The van der Waals surface area contributed by atoms with Gasteiger partial charge in [0, 0.05) is 0 Å². The largest absolute Gasteiger partial charge is 0.242 e. The van der Waals surface area contributed by atoms with E-state index in [9.17, 15) is 0 Å². The van der Waals surface area contributed by atoms with Gasteiger partial charge < -0.3 is 0 Å². The van der Waals surface area contributed by atoms with Crippen LogP contribution in [0.25, 0.3) is 0 Å². The van der Waals surface area contributed by atoms with Crippen molar-refractivity contribution in [1.29, 1.82) is 5.41 Å². The van der Waals surface area contributed by atoms with Crippen molar-refractivity contribution < 1.29 is 0 Å². The Labute approximate surface area is 77.6 Å². The molecule has 2 heteroatoms. The Morgan fingerprint density at radius 2 is 1.25 bits per heavy atom. The van der Waals surface area contributed by atoms with Crippen molar-refractivity contribution in [2.45, 2.75) is 54.5 Å². The lowest BCUT2D eigenvalue weighted by Crippen LogP contribution is -1.83. The summed E-state index contributed by atoms with van der Waals surface area (Å²) in [5.41, 5.74) is 0. The molecular weight excluding hydrogens is 148 g/mol. The Kier molecular flexibility index (Phi) is 24.4. The second-order valence-electron chi connectivity index (χ2n) is 3.07. The van der Waals surface area contributed by atoms with E-state index in [1.807, 2.05) is 33.7 Å². The third-order valence-electron chi connectivity index (χ3n) is 0.323. The molecule has 0 rings (SSSR count). The van der Waals surface area contributed by atoms with Gasteiger partial charge in [0.2, 0.25) is 0 Å². The molecule has 0 atom stereocenters. The van der Waals surface area contributed by atoms with E-state index < -0.39 is 0 Å². The van der Waals surface area contributed by atoms with Crippen LogP contribution in [-0.2, 0) is 0 Å². The third kappa shape index (κ3) is 116. The smallest absolute Gasteiger partial charge is 0.0864 e. The first-order valence-electron chi connectivity index (χ1n) is 4.62. The highest BCUT2D eigenvalue weighted by Crippen LogP contribution is 1.81. The van der Waals surface area contributed by atoms with Gasteiger partial charge in [-0.05, 0) is 19.8 Å². The van der Waals surface area contributed by atoms with Crippen LogP contribution in [0.2, 0.25) is 0 Å². The van der Waals surface area contributed by atoms with E-state index in [4.69, 9.17) is 5.41 Å². The van der Waals surface area contributed by atoms with Gasteiger partial charge in [-0.2, -0.15) is 0 Å². The standard InChI is InChI=1S/C4H8N2.C4H10.C2H6/c1-4(2)6-3-5;1-4(2)3;1-2/h4-5H,1-2H3;4H,1-3H3;1-2H3. The summed E-state index contributed by atoms with van der Waals surface area (Å²) >= 11 is 0. The molecule has 0 spiro atoms. The lowest BCUT2D eigenvalue weighted by atomic mass is 10.3. The minimum atomic E-state index is 0.225. The van der Waals surface area contributed by atoms with Gasteiger partial charge in [0.15, 0.2) is 0 Å². The first kappa shape index (κ1) is 17.5. The Morgan fingerprint density at radius 1 is 1.00 bits per heavy atom. The van der Waals surface area contributed by atoms with Crippen molar-refractivity contribution in [3.8, 4) is 0 Å². The first-order chi connectivity index (χ1) is 5.50. The van der Waals surface area contributed by atoms with Crippen LogP contribution in [0.5, 0.6) is 0 Å². The molecule has 0 aliphatic rings. The van der Waals surface area contributed by atoms with E-state index in [1.165, 1.54) is 0 Å². The zero-order valence-corrected chi connectivity index (χ0v) is 9.60. The second kappa shape index (κ2) is 16.8. The number of nitrogens with zero attached hydrogens (tertiary/aromatic N) is 1. The van der Waals surface area contributed by atoms with Crippen molar-refractivity contribution in [3.63, 3.8) is 0 Å². The maximum atomic E-state index is 6.32. The molecule has 0 aliphatic carbocycles. The highest BCUT2D eigenvalue weighted by Gasteiger charge is 1.77. The minimum absolute atomic E-state index is 0.225.